The molecular weight excluding hydrogens is 257 g/mol. The summed E-state index contributed by atoms with van der Waals surface area (Å²) in [5, 5.41) is 11.8. The van der Waals surface area contributed by atoms with Gasteiger partial charge in [0.05, 0.1) is 30.1 Å². The third kappa shape index (κ3) is 2.98. The van der Waals surface area contributed by atoms with Gasteiger partial charge in [0.15, 0.2) is 0 Å². The first kappa shape index (κ1) is 13.7. The van der Waals surface area contributed by atoms with E-state index in [9.17, 15) is 4.39 Å². The van der Waals surface area contributed by atoms with Gasteiger partial charge in [0.25, 0.3) is 0 Å². The lowest BCUT2D eigenvalue weighted by atomic mass is 10.1. The zero-order chi connectivity index (χ0) is 14.5. The van der Waals surface area contributed by atoms with Crippen molar-refractivity contribution < 1.29 is 9.13 Å². The van der Waals surface area contributed by atoms with E-state index in [0.717, 1.165) is 5.56 Å². The number of anilines is 2. The minimum atomic E-state index is -0.445. The molecule has 0 heterocycles. The zero-order valence-corrected chi connectivity index (χ0v) is 11.0. The maximum atomic E-state index is 13.8. The molecule has 0 atom stereocenters. The molecule has 0 aliphatic rings. The summed E-state index contributed by atoms with van der Waals surface area (Å²) in [6, 6.07) is 11.9. The predicted octanol–water partition coefficient (Wildman–Crippen LogP) is 2.90. The van der Waals surface area contributed by atoms with Crippen molar-refractivity contribution in [1.82, 2.24) is 0 Å². The van der Waals surface area contributed by atoms with Gasteiger partial charge in [0.1, 0.15) is 11.6 Å². The van der Waals surface area contributed by atoms with Crippen LogP contribution in [0, 0.1) is 17.1 Å². The number of benzene rings is 2. The van der Waals surface area contributed by atoms with E-state index in [1.165, 1.54) is 19.2 Å². The van der Waals surface area contributed by atoms with Crippen LogP contribution in [0.5, 0.6) is 5.75 Å². The number of ether oxygens (including phenoxy) is 1. The van der Waals surface area contributed by atoms with E-state index in [1.54, 1.807) is 18.2 Å². The molecule has 102 valence electrons. The van der Waals surface area contributed by atoms with Gasteiger partial charge in [-0.3, -0.25) is 0 Å². The fraction of sp³-hybridized carbons (Fsp3) is 0.133. The molecule has 0 saturated carbocycles. The third-order valence-electron chi connectivity index (χ3n) is 2.86. The lowest BCUT2D eigenvalue weighted by molar-refractivity contribution is 0.416. The Morgan fingerprint density at radius 1 is 1.35 bits per heavy atom. The van der Waals surface area contributed by atoms with Crippen LogP contribution in [0.1, 0.15) is 11.1 Å². The monoisotopic (exact) mass is 271 g/mol. The summed E-state index contributed by atoms with van der Waals surface area (Å²) in [7, 11) is 1.48. The summed E-state index contributed by atoms with van der Waals surface area (Å²) >= 11 is 0. The van der Waals surface area contributed by atoms with E-state index in [4.69, 9.17) is 15.7 Å². The summed E-state index contributed by atoms with van der Waals surface area (Å²) in [6.07, 6.45) is 0. The van der Waals surface area contributed by atoms with Crippen molar-refractivity contribution in [2.75, 3.05) is 18.2 Å². The summed E-state index contributed by atoms with van der Waals surface area (Å²) in [5.41, 5.74) is 7.63. The number of hydrogen-bond acceptors (Lipinski definition) is 4. The van der Waals surface area contributed by atoms with Gasteiger partial charge < -0.3 is 15.8 Å². The summed E-state index contributed by atoms with van der Waals surface area (Å²) in [4.78, 5) is 0. The molecule has 0 aliphatic heterocycles. The van der Waals surface area contributed by atoms with Crippen LogP contribution in [-0.4, -0.2) is 7.11 Å². The van der Waals surface area contributed by atoms with E-state index in [-0.39, 0.29) is 5.69 Å². The molecule has 0 fully saturated rings. The second-order valence-electron chi connectivity index (χ2n) is 4.24. The number of methoxy groups -OCH3 is 1. The third-order valence-corrected chi connectivity index (χ3v) is 2.86. The molecule has 0 saturated heterocycles. The van der Waals surface area contributed by atoms with Gasteiger partial charge in [-0.05, 0) is 17.7 Å². The molecule has 0 radical (unpaired) electrons. The fourth-order valence-corrected chi connectivity index (χ4v) is 1.83. The highest BCUT2D eigenvalue weighted by molar-refractivity contribution is 5.62. The Morgan fingerprint density at radius 2 is 2.15 bits per heavy atom. The molecule has 0 amide bonds. The highest BCUT2D eigenvalue weighted by Crippen LogP contribution is 2.28. The summed E-state index contributed by atoms with van der Waals surface area (Å²) in [6.45, 7) is 0.402. The Balaban J connectivity index is 2.16. The van der Waals surface area contributed by atoms with Crippen LogP contribution in [0.2, 0.25) is 0 Å². The van der Waals surface area contributed by atoms with Gasteiger partial charge in [-0.2, -0.15) is 5.26 Å². The van der Waals surface area contributed by atoms with Crippen LogP contribution in [0.3, 0.4) is 0 Å². The highest BCUT2D eigenvalue weighted by atomic mass is 19.1. The number of hydrogen-bond donors (Lipinski definition) is 2. The molecule has 2 aromatic rings. The quantitative estimate of drug-likeness (QED) is 0.839. The number of nitrogen functional groups attached to an aromatic ring is 1. The van der Waals surface area contributed by atoms with Crippen molar-refractivity contribution in [2.45, 2.75) is 6.54 Å². The molecule has 0 bridgehead atoms. The minimum Gasteiger partial charge on any atom is -0.495 e. The molecule has 5 heteroatoms. The summed E-state index contributed by atoms with van der Waals surface area (Å²) < 4.78 is 18.8. The second kappa shape index (κ2) is 5.93. The molecule has 2 rings (SSSR count). The van der Waals surface area contributed by atoms with Gasteiger partial charge in [0.2, 0.25) is 0 Å². The predicted molar refractivity (Wildman–Crippen MR) is 75.8 cm³/mol. The number of rotatable bonds is 4. The Labute approximate surface area is 116 Å². The molecule has 0 spiro atoms. The van der Waals surface area contributed by atoms with E-state index in [2.05, 4.69) is 11.4 Å². The molecule has 20 heavy (non-hydrogen) atoms. The molecule has 0 aromatic heterocycles. The largest absolute Gasteiger partial charge is 0.495 e. The Bertz CT molecular complexity index is 665. The van der Waals surface area contributed by atoms with Gasteiger partial charge in [-0.15, -0.1) is 0 Å². The first-order chi connectivity index (χ1) is 9.63. The van der Waals surface area contributed by atoms with Gasteiger partial charge in [0, 0.05) is 18.7 Å². The molecule has 2 aromatic carbocycles. The summed E-state index contributed by atoms with van der Waals surface area (Å²) in [5.74, 6) is -0.0283. The molecule has 0 unspecified atom stereocenters. The first-order valence-electron chi connectivity index (χ1n) is 6.00. The lowest BCUT2D eigenvalue weighted by Gasteiger charge is -2.11. The average molecular weight is 271 g/mol. The van der Waals surface area contributed by atoms with Gasteiger partial charge in [-0.25, -0.2) is 4.39 Å². The normalized spacial score (nSPS) is 9.85. The number of halogens is 1. The lowest BCUT2D eigenvalue weighted by Crippen LogP contribution is -2.03. The number of nitrogens with zero attached hydrogens (tertiary/aromatic N) is 1. The van der Waals surface area contributed by atoms with Crippen LogP contribution in [0.15, 0.2) is 36.4 Å². The maximum Gasteiger partial charge on any atom is 0.148 e. The van der Waals surface area contributed by atoms with Gasteiger partial charge >= 0.3 is 0 Å². The fourth-order valence-electron chi connectivity index (χ4n) is 1.83. The van der Waals surface area contributed by atoms with Gasteiger partial charge in [-0.1, -0.05) is 12.1 Å². The van der Waals surface area contributed by atoms with E-state index in [1.807, 2.05) is 6.07 Å². The van der Waals surface area contributed by atoms with E-state index >= 15 is 0 Å². The molecule has 0 aliphatic carbocycles. The number of nitrogens with one attached hydrogen (secondary N) is 1. The first-order valence-corrected chi connectivity index (χ1v) is 6.00. The highest BCUT2D eigenvalue weighted by Gasteiger charge is 2.08. The second-order valence-corrected chi connectivity index (χ2v) is 4.24. The van der Waals surface area contributed by atoms with Crippen molar-refractivity contribution in [2.24, 2.45) is 0 Å². The van der Waals surface area contributed by atoms with Crippen LogP contribution < -0.4 is 15.8 Å². The van der Waals surface area contributed by atoms with Crippen LogP contribution in [-0.2, 0) is 6.54 Å². The number of nitriles is 1. The van der Waals surface area contributed by atoms with Crippen molar-refractivity contribution in [1.29, 1.82) is 5.26 Å². The minimum absolute atomic E-state index is 0.252. The van der Waals surface area contributed by atoms with Crippen LogP contribution in [0.25, 0.3) is 0 Å². The van der Waals surface area contributed by atoms with Crippen LogP contribution in [0.4, 0.5) is 15.8 Å². The average Bonchev–Trinajstić information content (AvgIpc) is 2.46. The van der Waals surface area contributed by atoms with Crippen molar-refractivity contribution >= 4 is 11.4 Å². The molecular formula is C15H14FN3O. The van der Waals surface area contributed by atoms with E-state index < -0.39 is 5.82 Å². The molecule has 3 N–H and O–H groups in total. The molecule has 4 nitrogen and oxygen atoms in total. The Kier molecular flexibility index (Phi) is 4.06. The topological polar surface area (TPSA) is 71.1 Å². The van der Waals surface area contributed by atoms with Crippen molar-refractivity contribution in [3.8, 4) is 11.8 Å². The van der Waals surface area contributed by atoms with Crippen LogP contribution >= 0.6 is 0 Å². The smallest absolute Gasteiger partial charge is 0.148 e. The zero-order valence-electron chi connectivity index (χ0n) is 11.0. The standard InChI is InChI=1S/C15H14FN3O/c1-20-15-7-14(12(16)6-13(15)18)19-9-11-4-2-3-10(5-11)8-17/h2-7,19H,9,18H2,1H3. The van der Waals surface area contributed by atoms with Crippen molar-refractivity contribution in [3.05, 3.63) is 53.3 Å². The SMILES string of the molecule is COc1cc(NCc2cccc(C#N)c2)c(F)cc1N. The Hall–Kier alpha value is -2.74. The van der Waals surface area contributed by atoms with E-state index in [0.29, 0.717) is 23.5 Å². The Morgan fingerprint density at radius 3 is 2.85 bits per heavy atom. The number of nitrogens with two attached hydrogens (primary N) is 1. The maximum absolute atomic E-state index is 13.8. The van der Waals surface area contributed by atoms with Crippen molar-refractivity contribution in [3.63, 3.8) is 0 Å².